The van der Waals surface area contributed by atoms with Gasteiger partial charge in [0.05, 0.1) is 12.0 Å². The number of likely N-dealkylation sites (N-methyl/N-ethyl adjacent to an activating group) is 1. The summed E-state index contributed by atoms with van der Waals surface area (Å²) in [5.41, 5.74) is -0.822. The van der Waals surface area contributed by atoms with Crippen LogP contribution in [0.1, 0.15) is 32.6 Å². The highest BCUT2D eigenvalue weighted by molar-refractivity contribution is 5.78. The van der Waals surface area contributed by atoms with Gasteiger partial charge in [0.15, 0.2) is 0 Å². The smallest absolute Gasteiger partial charge is 0.319 e. The molecule has 1 atom stereocenters. The lowest BCUT2D eigenvalue weighted by Crippen LogP contribution is -2.52. The molecule has 1 saturated heterocycles. The fourth-order valence-corrected chi connectivity index (χ4v) is 2.65. The van der Waals surface area contributed by atoms with Gasteiger partial charge in [-0.15, -0.1) is 0 Å². The van der Waals surface area contributed by atoms with Gasteiger partial charge < -0.3 is 19.6 Å². The molecule has 6 nitrogen and oxygen atoms in total. The Labute approximate surface area is 126 Å². The van der Waals surface area contributed by atoms with E-state index in [0.717, 1.165) is 18.9 Å². The second-order valence-electron chi connectivity index (χ2n) is 6.61. The molecule has 0 radical (unpaired) electrons. The molecule has 0 aromatic heterocycles. The van der Waals surface area contributed by atoms with Crippen LogP contribution in [-0.2, 0) is 9.53 Å². The molecule has 6 heteroatoms. The highest BCUT2D eigenvalue weighted by Gasteiger charge is 2.39. The van der Waals surface area contributed by atoms with E-state index in [1.165, 1.54) is 12.8 Å². The Kier molecular flexibility index (Phi) is 5.08. The summed E-state index contributed by atoms with van der Waals surface area (Å²) in [6.45, 7) is 4.52. The number of aliphatic carboxylic acids is 1. The maximum absolute atomic E-state index is 12.4. The fourth-order valence-electron chi connectivity index (χ4n) is 2.65. The molecule has 2 rings (SSSR count). The van der Waals surface area contributed by atoms with Crippen molar-refractivity contribution in [3.8, 4) is 0 Å². The summed E-state index contributed by atoms with van der Waals surface area (Å²) in [5.74, 6) is -0.0974. The van der Waals surface area contributed by atoms with Crippen LogP contribution in [0.15, 0.2) is 0 Å². The Morgan fingerprint density at radius 1 is 1.43 bits per heavy atom. The zero-order valence-electron chi connectivity index (χ0n) is 13.0. The lowest BCUT2D eigenvalue weighted by atomic mass is 9.82. The summed E-state index contributed by atoms with van der Waals surface area (Å²) in [4.78, 5) is 27.0. The van der Waals surface area contributed by atoms with E-state index in [9.17, 15) is 14.7 Å². The molecule has 1 aliphatic heterocycles. The van der Waals surface area contributed by atoms with E-state index < -0.39 is 11.4 Å². The van der Waals surface area contributed by atoms with Crippen molar-refractivity contribution in [2.75, 3.05) is 39.9 Å². The van der Waals surface area contributed by atoms with Gasteiger partial charge in [0.25, 0.3) is 0 Å². The number of hydrogen-bond donors (Lipinski definition) is 1. The number of carbonyl (C=O) groups is 2. The zero-order chi connectivity index (χ0) is 15.5. The van der Waals surface area contributed by atoms with Crippen LogP contribution in [0.4, 0.5) is 4.79 Å². The quantitative estimate of drug-likeness (QED) is 0.757. The van der Waals surface area contributed by atoms with Crippen molar-refractivity contribution < 1.29 is 19.4 Å². The van der Waals surface area contributed by atoms with Crippen molar-refractivity contribution >= 4 is 12.0 Å². The van der Waals surface area contributed by atoms with Gasteiger partial charge in [0, 0.05) is 33.3 Å². The third-order valence-corrected chi connectivity index (χ3v) is 4.43. The number of amides is 2. The number of rotatable bonds is 6. The number of carboxylic acid groups (broad SMARTS) is 1. The first-order valence-corrected chi connectivity index (χ1v) is 7.73. The Morgan fingerprint density at radius 2 is 2.14 bits per heavy atom. The SMILES string of the molecule is CN(CCOCC1CC1)C(=O)N1CCCC(C)(C(=O)O)C1. The van der Waals surface area contributed by atoms with Gasteiger partial charge in [-0.3, -0.25) is 4.79 Å². The Hall–Kier alpha value is -1.30. The third kappa shape index (κ3) is 4.33. The highest BCUT2D eigenvalue weighted by atomic mass is 16.5. The molecule has 1 saturated carbocycles. The second kappa shape index (κ2) is 6.64. The first-order chi connectivity index (χ1) is 9.92. The van der Waals surface area contributed by atoms with E-state index >= 15 is 0 Å². The van der Waals surface area contributed by atoms with Gasteiger partial charge in [0.1, 0.15) is 0 Å². The van der Waals surface area contributed by atoms with E-state index in [0.29, 0.717) is 26.1 Å². The first-order valence-electron chi connectivity index (χ1n) is 7.73. The molecule has 21 heavy (non-hydrogen) atoms. The fraction of sp³-hybridized carbons (Fsp3) is 0.867. The minimum absolute atomic E-state index is 0.0998. The van der Waals surface area contributed by atoms with Gasteiger partial charge in [-0.2, -0.15) is 0 Å². The van der Waals surface area contributed by atoms with Gasteiger partial charge in [0.2, 0.25) is 0 Å². The van der Waals surface area contributed by atoms with Crippen LogP contribution in [0, 0.1) is 11.3 Å². The first kappa shape index (κ1) is 16.1. The standard InChI is InChI=1S/C15H26N2O4/c1-15(13(18)19)6-3-7-17(11-15)14(20)16(2)8-9-21-10-12-4-5-12/h12H,3-11H2,1-2H3,(H,18,19). The number of carbonyl (C=O) groups excluding carboxylic acids is 1. The van der Waals surface area contributed by atoms with Gasteiger partial charge in [-0.05, 0) is 38.5 Å². The van der Waals surface area contributed by atoms with Crippen LogP contribution in [0.5, 0.6) is 0 Å². The lowest BCUT2D eigenvalue weighted by molar-refractivity contribution is -0.150. The molecule has 0 aromatic rings. The summed E-state index contributed by atoms with van der Waals surface area (Å²) in [6, 6.07) is -0.0998. The number of likely N-dealkylation sites (tertiary alicyclic amines) is 1. The number of carboxylic acids is 1. The van der Waals surface area contributed by atoms with Crippen molar-refractivity contribution in [2.45, 2.75) is 32.6 Å². The Bertz CT molecular complexity index is 397. The van der Waals surface area contributed by atoms with Gasteiger partial charge >= 0.3 is 12.0 Å². The van der Waals surface area contributed by atoms with Crippen LogP contribution in [0.3, 0.4) is 0 Å². The van der Waals surface area contributed by atoms with E-state index in [1.807, 2.05) is 0 Å². The molecule has 1 unspecified atom stereocenters. The second-order valence-corrected chi connectivity index (χ2v) is 6.61. The molecule has 0 aromatic carbocycles. The predicted molar refractivity (Wildman–Crippen MR) is 78.1 cm³/mol. The number of nitrogens with zero attached hydrogens (tertiary/aromatic N) is 2. The van der Waals surface area contributed by atoms with Crippen molar-refractivity contribution in [2.24, 2.45) is 11.3 Å². The van der Waals surface area contributed by atoms with E-state index in [-0.39, 0.29) is 12.6 Å². The highest BCUT2D eigenvalue weighted by Crippen LogP contribution is 2.30. The topological polar surface area (TPSA) is 70.1 Å². The maximum atomic E-state index is 12.4. The van der Waals surface area contributed by atoms with Crippen molar-refractivity contribution in [1.82, 2.24) is 9.80 Å². The lowest BCUT2D eigenvalue weighted by Gasteiger charge is -2.39. The summed E-state index contributed by atoms with van der Waals surface area (Å²) in [6.07, 6.45) is 3.88. The van der Waals surface area contributed by atoms with Crippen LogP contribution >= 0.6 is 0 Å². The average molecular weight is 298 g/mol. The van der Waals surface area contributed by atoms with Crippen LogP contribution in [0.25, 0.3) is 0 Å². The molecular formula is C15H26N2O4. The minimum Gasteiger partial charge on any atom is -0.481 e. The van der Waals surface area contributed by atoms with Gasteiger partial charge in [-0.1, -0.05) is 0 Å². The van der Waals surface area contributed by atoms with Crippen molar-refractivity contribution in [3.05, 3.63) is 0 Å². The average Bonchev–Trinajstić information content (AvgIpc) is 3.26. The Morgan fingerprint density at radius 3 is 2.76 bits per heavy atom. The summed E-state index contributed by atoms with van der Waals surface area (Å²) >= 11 is 0. The molecule has 1 aliphatic carbocycles. The number of urea groups is 1. The molecular weight excluding hydrogens is 272 g/mol. The maximum Gasteiger partial charge on any atom is 0.319 e. The zero-order valence-corrected chi connectivity index (χ0v) is 13.0. The minimum atomic E-state index is -0.824. The summed E-state index contributed by atoms with van der Waals surface area (Å²) < 4.78 is 5.54. The van der Waals surface area contributed by atoms with E-state index in [4.69, 9.17) is 4.74 Å². The van der Waals surface area contributed by atoms with E-state index in [1.54, 1.807) is 23.8 Å². The number of hydrogen-bond acceptors (Lipinski definition) is 3. The molecule has 1 N–H and O–H groups in total. The largest absolute Gasteiger partial charge is 0.481 e. The molecule has 0 bridgehead atoms. The van der Waals surface area contributed by atoms with E-state index in [2.05, 4.69) is 0 Å². The predicted octanol–water partition coefficient (Wildman–Crippen LogP) is 1.65. The van der Waals surface area contributed by atoms with Crippen LogP contribution in [-0.4, -0.2) is 66.8 Å². The van der Waals surface area contributed by atoms with Crippen LogP contribution in [0.2, 0.25) is 0 Å². The molecule has 1 heterocycles. The molecule has 120 valence electrons. The molecule has 2 aliphatic rings. The normalized spacial score (nSPS) is 25.7. The summed E-state index contributed by atoms with van der Waals surface area (Å²) in [7, 11) is 1.75. The van der Waals surface area contributed by atoms with Gasteiger partial charge in [-0.25, -0.2) is 4.79 Å². The third-order valence-electron chi connectivity index (χ3n) is 4.43. The number of ether oxygens (including phenoxy) is 1. The van der Waals surface area contributed by atoms with Crippen molar-refractivity contribution in [1.29, 1.82) is 0 Å². The molecule has 2 fully saturated rings. The van der Waals surface area contributed by atoms with Crippen molar-refractivity contribution in [3.63, 3.8) is 0 Å². The molecule has 0 spiro atoms. The number of piperidine rings is 1. The summed E-state index contributed by atoms with van der Waals surface area (Å²) in [5, 5.41) is 9.30. The van der Waals surface area contributed by atoms with Crippen LogP contribution < -0.4 is 0 Å². The molecule has 2 amide bonds. The Balaban J connectivity index is 1.76. The monoisotopic (exact) mass is 298 g/mol.